The Labute approximate surface area is 113 Å². The number of halogens is 1. The van der Waals surface area contributed by atoms with E-state index in [2.05, 4.69) is 20.2 Å². The number of nitrogens with zero attached hydrogens (tertiary/aromatic N) is 3. The molecule has 0 saturated carbocycles. The summed E-state index contributed by atoms with van der Waals surface area (Å²) in [6.45, 7) is 2.46. The second-order valence-electron chi connectivity index (χ2n) is 4.43. The van der Waals surface area contributed by atoms with Gasteiger partial charge in [0.2, 0.25) is 0 Å². The molecule has 0 amide bonds. The van der Waals surface area contributed by atoms with Crippen LogP contribution in [0.3, 0.4) is 0 Å². The van der Waals surface area contributed by atoms with Crippen LogP contribution in [0.25, 0.3) is 0 Å². The molecule has 0 aromatic carbocycles. The number of Topliss-reactive ketones (excluding diaryl/α,β-unsaturated/α-hetero) is 1. The van der Waals surface area contributed by atoms with E-state index in [1.807, 2.05) is 7.05 Å². The van der Waals surface area contributed by atoms with E-state index in [0.29, 0.717) is 18.3 Å². The van der Waals surface area contributed by atoms with Crippen molar-refractivity contribution in [1.82, 2.24) is 20.2 Å². The van der Waals surface area contributed by atoms with Gasteiger partial charge in [0.25, 0.3) is 0 Å². The van der Waals surface area contributed by atoms with Gasteiger partial charge in [-0.05, 0) is 26.4 Å². The summed E-state index contributed by atoms with van der Waals surface area (Å²) >= 11 is 0. The number of nitrogens with one attached hydrogen (secondary N) is 1. The average molecular weight is 271 g/mol. The number of carbonyl (C=O) groups is 1. The van der Waals surface area contributed by atoms with Gasteiger partial charge < -0.3 is 5.32 Å². The van der Waals surface area contributed by atoms with Crippen LogP contribution in [0.2, 0.25) is 0 Å². The molecule has 0 aliphatic carbocycles. The molecule has 18 heavy (non-hydrogen) atoms. The zero-order valence-corrected chi connectivity index (χ0v) is 11.3. The number of hydrogen-bond acceptors (Lipinski definition) is 5. The summed E-state index contributed by atoms with van der Waals surface area (Å²) in [4.78, 5) is 22.0. The standard InChI is InChI=1S/C12H18N4O.ClH/c1-16(10-3-2-4-13-7-10)9-12(17)11-8-14-5-6-15-11;/h5-6,8,10,13H,2-4,7,9H2,1H3;1H. The summed E-state index contributed by atoms with van der Waals surface area (Å²) in [5.74, 6) is 0.0335. The van der Waals surface area contributed by atoms with Gasteiger partial charge in [-0.25, -0.2) is 4.98 Å². The maximum atomic E-state index is 11.9. The maximum Gasteiger partial charge on any atom is 0.196 e. The first-order chi connectivity index (χ1) is 8.27. The minimum atomic E-state index is 0. The molecular formula is C12H19ClN4O. The lowest BCUT2D eigenvalue weighted by Crippen LogP contribution is -2.45. The third-order valence-electron chi connectivity index (χ3n) is 3.14. The Morgan fingerprint density at radius 1 is 1.56 bits per heavy atom. The van der Waals surface area contributed by atoms with E-state index in [1.165, 1.54) is 12.6 Å². The molecule has 1 fully saturated rings. The Morgan fingerprint density at radius 3 is 3.00 bits per heavy atom. The zero-order valence-electron chi connectivity index (χ0n) is 10.5. The van der Waals surface area contributed by atoms with Crippen molar-refractivity contribution in [1.29, 1.82) is 0 Å². The maximum absolute atomic E-state index is 11.9. The van der Waals surface area contributed by atoms with E-state index in [-0.39, 0.29) is 18.2 Å². The third-order valence-corrected chi connectivity index (χ3v) is 3.14. The molecule has 1 saturated heterocycles. The summed E-state index contributed by atoms with van der Waals surface area (Å²) in [7, 11) is 1.99. The van der Waals surface area contributed by atoms with Gasteiger partial charge in [-0.3, -0.25) is 14.7 Å². The molecule has 1 aliphatic rings. The predicted octanol–water partition coefficient (Wildman–Crippen LogP) is 0.765. The summed E-state index contributed by atoms with van der Waals surface area (Å²) < 4.78 is 0. The Bertz CT molecular complexity index is 368. The molecule has 6 heteroatoms. The highest BCUT2D eigenvalue weighted by atomic mass is 35.5. The number of ketones is 1. The molecule has 2 rings (SSSR count). The van der Waals surface area contributed by atoms with Crippen LogP contribution in [0, 0.1) is 0 Å². The van der Waals surface area contributed by atoms with Crippen LogP contribution in [0.1, 0.15) is 23.3 Å². The molecule has 2 heterocycles. The van der Waals surface area contributed by atoms with Gasteiger partial charge in [0.1, 0.15) is 5.69 Å². The van der Waals surface area contributed by atoms with Crippen LogP contribution in [0.15, 0.2) is 18.6 Å². The summed E-state index contributed by atoms with van der Waals surface area (Å²) in [5.41, 5.74) is 0.447. The van der Waals surface area contributed by atoms with Crippen molar-refractivity contribution < 1.29 is 4.79 Å². The van der Waals surface area contributed by atoms with Crippen LogP contribution in [-0.4, -0.2) is 53.4 Å². The fourth-order valence-corrected chi connectivity index (χ4v) is 2.09. The van der Waals surface area contributed by atoms with E-state index >= 15 is 0 Å². The van der Waals surface area contributed by atoms with Crippen LogP contribution in [0.5, 0.6) is 0 Å². The van der Waals surface area contributed by atoms with E-state index in [4.69, 9.17) is 0 Å². The van der Waals surface area contributed by atoms with E-state index in [0.717, 1.165) is 19.5 Å². The van der Waals surface area contributed by atoms with Crippen molar-refractivity contribution in [2.24, 2.45) is 0 Å². The van der Waals surface area contributed by atoms with Gasteiger partial charge in [0.15, 0.2) is 5.78 Å². The van der Waals surface area contributed by atoms with E-state index < -0.39 is 0 Å². The predicted molar refractivity (Wildman–Crippen MR) is 72.1 cm³/mol. The third kappa shape index (κ3) is 4.01. The van der Waals surface area contributed by atoms with Gasteiger partial charge in [0.05, 0.1) is 12.7 Å². The molecule has 1 N–H and O–H groups in total. The normalized spacial score (nSPS) is 19.3. The molecule has 1 atom stereocenters. The van der Waals surface area contributed by atoms with Gasteiger partial charge in [0, 0.05) is 25.0 Å². The fraction of sp³-hybridized carbons (Fsp3) is 0.583. The lowest BCUT2D eigenvalue weighted by Gasteiger charge is -2.30. The Kier molecular flexibility index (Phi) is 6.18. The van der Waals surface area contributed by atoms with Gasteiger partial charge in [-0.2, -0.15) is 0 Å². The van der Waals surface area contributed by atoms with Crippen LogP contribution >= 0.6 is 12.4 Å². The molecular weight excluding hydrogens is 252 g/mol. The van der Waals surface area contributed by atoms with Crippen LogP contribution < -0.4 is 5.32 Å². The number of likely N-dealkylation sites (N-methyl/N-ethyl adjacent to an activating group) is 1. The van der Waals surface area contributed by atoms with E-state index in [1.54, 1.807) is 12.4 Å². The summed E-state index contributed by atoms with van der Waals surface area (Å²) in [5, 5.41) is 3.35. The first-order valence-corrected chi connectivity index (χ1v) is 5.97. The van der Waals surface area contributed by atoms with Crippen molar-refractivity contribution >= 4 is 18.2 Å². The number of rotatable bonds is 4. The van der Waals surface area contributed by atoms with Gasteiger partial charge in [-0.1, -0.05) is 0 Å². The first-order valence-electron chi connectivity index (χ1n) is 5.97. The largest absolute Gasteiger partial charge is 0.315 e. The van der Waals surface area contributed by atoms with Crippen LogP contribution in [0.4, 0.5) is 0 Å². The average Bonchev–Trinajstić information content (AvgIpc) is 2.40. The Balaban J connectivity index is 0.00000162. The molecule has 0 spiro atoms. The summed E-state index contributed by atoms with van der Waals surface area (Å²) in [6.07, 6.45) is 6.97. The second-order valence-corrected chi connectivity index (χ2v) is 4.43. The number of carbonyl (C=O) groups excluding carboxylic acids is 1. The molecule has 100 valence electrons. The molecule has 1 unspecified atom stereocenters. The van der Waals surface area contributed by atoms with Gasteiger partial charge in [-0.15, -0.1) is 12.4 Å². The monoisotopic (exact) mass is 270 g/mol. The van der Waals surface area contributed by atoms with Crippen molar-refractivity contribution in [3.8, 4) is 0 Å². The fourth-order valence-electron chi connectivity index (χ4n) is 2.09. The number of aromatic nitrogens is 2. The minimum absolute atomic E-state index is 0. The molecule has 1 aromatic rings. The quantitative estimate of drug-likeness (QED) is 0.819. The SMILES string of the molecule is CN(CC(=O)c1cnccn1)C1CCCNC1.Cl. The minimum Gasteiger partial charge on any atom is -0.315 e. The van der Waals surface area contributed by atoms with Crippen molar-refractivity contribution in [2.75, 3.05) is 26.7 Å². The summed E-state index contributed by atoms with van der Waals surface area (Å²) in [6, 6.07) is 0.448. The zero-order chi connectivity index (χ0) is 12.1. The highest BCUT2D eigenvalue weighted by Crippen LogP contribution is 2.08. The van der Waals surface area contributed by atoms with E-state index in [9.17, 15) is 4.79 Å². The number of hydrogen-bond donors (Lipinski definition) is 1. The molecule has 1 aromatic heterocycles. The number of piperidine rings is 1. The van der Waals surface area contributed by atoms with Crippen molar-refractivity contribution in [3.63, 3.8) is 0 Å². The highest BCUT2D eigenvalue weighted by molar-refractivity contribution is 5.95. The molecule has 5 nitrogen and oxygen atoms in total. The Hall–Kier alpha value is -1.04. The smallest absolute Gasteiger partial charge is 0.196 e. The molecule has 1 aliphatic heterocycles. The molecule has 0 bridgehead atoms. The van der Waals surface area contributed by atoms with Crippen LogP contribution in [-0.2, 0) is 0 Å². The second kappa shape index (κ2) is 7.41. The first kappa shape index (κ1) is 15.0. The Morgan fingerprint density at radius 2 is 2.39 bits per heavy atom. The topological polar surface area (TPSA) is 58.1 Å². The molecule has 0 radical (unpaired) electrons. The van der Waals surface area contributed by atoms with Crippen molar-refractivity contribution in [2.45, 2.75) is 18.9 Å². The highest BCUT2D eigenvalue weighted by Gasteiger charge is 2.20. The lowest BCUT2D eigenvalue weighted by atomic mass is 10.1. The van der Waals surface area contributed by atoms with Crippen molar-refractivity contribution in [3.05, 3.63) is 24.3 Å². The van der Waals surface area contributed by atoms with Gasteiger partial charge >= 0.3 is 0 Å². The lowest BCUT2D eigenvalue weighted by molar-refractivity contribution is 0.0901.